The van der Waals surface area contributed by atoms with E-state index in [0.29, 0.717) is 18.8 Å². The van der Waals surface area contributed by atoms with Gasteiger partial charge in [0.15, 0.2) is 0 Å². The average Bonchev–Trinajstić information content (AvgIpc) is 3.03. The number of amides is 2. The van der Waals surface area contributed by atoms with Crippen molar-refractivity contribution in [3.63, 3.8) is 0 Å². The number of nitrogens with zero attached hydrogens (tertiary/aromatic N) is 2. The Morgan fingerprint density at radius 1 is 1.32 bits per heavy atom. The molecule has 1 aromatic carbocycles. The van der Waals surface area contributed by atoms with Crippen molar-refractivity contribution in [3.05, 3.63) is 36.4 Å². The van der Waals surface area contributed by atoms with Crippen LogP contribution in [0.2, 0.25) is 0 Å². The van der Waals surface area contributed by atoms with Gasteiger partial charge in [-0.15, -0.1) is 0 Å². The van der Waals surface area contributed by atoms with Crippen molar-refractivity contribution in [1.29, 1.82) is 0 Å². The summed E-state index contributed by atoms with van der Waals surface area (Å²) in [5.41, 5.74) is 1.78. The number of aliphatic hydroxyl groups excluding tert-OH is 1. The first-order valence-corrected chi connectivity index (χ1v) is 8.37. The fraction of sp³-hybridized carbons (Fsp3) is 0.444. The van der Waals surface area contributed by atoms with Crippen molar-refractivity contribution in [2.75, 3.05) is 25.6 Å². The second-order valence-corrected chi connectivity index (χ2v) is 6.08. The van der Waals surface area contributed by atoms with E-state index in [1.807, 2.05) is 50.2 Å². The highest BCUT2D eigenvalue weighted by Crippen LogP contribution is 2.24. The molecular weight excluding hydrogens is 320 g/mol. The Kier molecular flexibility index (Phi) is 6.97. The largest absolute Gasteiger partial charge is 0.394 e. The first kappa shape index (κ1) is 19.0. The van der Waals surface area contributed by atoms with Crippen LogP contribution in [0.1, 0.15) is 26.3 Å². The van der Waals surface area contributed by atoms with Crippen LogP contribution in [-0.4, -0.2) is 47.3 Å². The second-order valence-electron chi connectivity index (χ2n) is 6.08. The van der Waals surface area contributed by atoms with Gasteiger partial charge in [0.05, 0.1) is 18.3 Å². The Balaban J connectivity index is 2.12. The molecule has 0 aliphatic carbocycles. The third-order valence-corrected chi connectivity index (χ3v) is 3.76. The minimum absolute atomic E-state index is 0.0925. The molecule has 0 spiro atoms. The molecule has 0 fully saturated rings. The van der Waals surface area contributed by atoms with Gasteiger partial charge in [0.1, 0.15) is 5.82 Å². The molecule has 0 aliphatic rings. The highest BCUT2D eigenvalue weighted by atomic mass is 16.5. The van der Waals surface area contributed by atoms with Gasteiger partial charge in [0.2, 0.25) is 0 Å². The summed E-state index contributed by atoms with van der Waals surface area (Å²) in [7, 11) is 1.58. The molecular formula is C18H26N4O3. The molecule has 0 radical (unpaired) electrons. The van der Waals surface area contributed by atoms with E-state index < -0.39 is 0 Å². The fourth-order valence-corrected chi connectivity index (χ4v) is 2.44. The monoisotopic (exact) mass is 346 g/mol. The van der Waals surface area contributed by atoms with Gasteiger partial charge in [0, 0.05) is 31.4 Å². The highest BCUT2D eigenvalue weighted by molar-refractivity contribution is 5.89. The standard InChI is InChI=1S/C18H26N4O3/c1-13(2)22-17(11-16(21-22)14-7-5-4-6-8-14)20-18(24)19-15(12-23)9-10-25-3/h4-8,11,13,15,23H,9-10,12H2,1-3H3,(H2,19,20,24)/t15-/m0/s1. The summed E-state index contributed by atoms with van der Waals surface area (Å²) in [6, 6.07) is 11.0. The van der Waals surface area contributed by atoms with Crippen LogP contribution in [0.5, 0.6) is 0 Å². The van der Waals surface area contributed by atoms with Crippen molar-refractivity contribution >= 4 is 11.8 Å². The van der Waals surface area contributed by atoms with Crippen molar-refractivity contribution in [1.82, 2.24) is 15.1 Å². The van der Waals surface area contributed by atoms with Gasteiger partial charge < -0.3 is 15.2 Å². The topological polar surface area (TPSA) is 88.4 Å². The number of aromatic nitrogens is 2. The Hall–Kier alpha value is -2.38. The van der Waals surface area contributed by atoms with E-state index in [-0.39, 0.29) is 24.7 Å². The number of carbonyl (C=O) groups excluding carboxylic acids is 1. The minimum Gasteiger partial charge on any atom is -0.394 e. The molecule has 1 heterocycles. The summed E-state index contributed by atoms with van der Waals surface area (Å²) < 4.78 is 6.75. The van der Waals surface area contributed by atoms with Crippen LogP contribution in [0.15, 0.2) is 36.4 Å². The summed E-state index contributed by atoms with van der Waals surface area (Å²) in [5.74, 6) is 0.606. The van der Waals surface area contributed by atoms with Gasteiger partial charge in [-0.25, -0.2) is 9.48 Å². The lowest BCUT2D eigenvalue weighted by molar-refractivity contribution is 0.161. The molecule has 136 valence electrons. The summed E-state index contributed by atoms with van der Waals surface area (Å²) >= 11 is 0. The van der Waals surface area contributed by atoms with Gasteiger partial charge in [-0.05, 0) is 20.3 Å². The molecule has 7 heteroatoms. The van der Waals surface area contributed by atoms with Crippen LogP contribution < -0.4 is 10.6 Å². The van der Waals surface area contributed by atoms with Crippen LogP contribution in [-0.2, 0) is 4.74 Å². The van der Waals surface area contributed by atoms with Crippen LogP contribution >= 0.6 is 0 Å². The number of urea groups is 1. The van der Waals surface area contributed by atoms with Crippen molar-refractivity contribution in [2.24, 2.45) is 0 Å². The lowest BCUT2D eigenvalue weighted by atomic mass is 10.2. The maximum atomic E-state index is 12.3. The predicted octanol–water partition coefficient (Wildman–Crippen LogP) is 2.65. The Bertz CT molecular complexity index is 670. The van der Waals surface area contributed by atoms with Gasteiger partial charge in [-0.1, -0.05) is 30.3 Å². The van der Waals surface area contributed by atoms with Crippen molar-refractivity contribution in [2.45, 2.75) is 32.4 Å². The molecule has 0 aliphatic heterocycles. The van der Waals surface area contributed by atoms with Gasteiger partial charge in [0.25, 0.3) is 0 Å². The van der Waals surface area contributed by atoms with E-state index >= 15 is 0 Å². The van der Waals surface area contributed by atoms with E-state index in [1.54, 1.807) is 11.8 Å². The first-order chi connectivity index (χ1) is 12.0. The van der Waals surface area contributed by atoms with Crippen LogP contribution in [0, 0.1) is 0 Å². The van der Waals surface area contributed by atoms with Crippen LogP contribution in [0.4, 0.5) is 10.6 Å². The molecule has 2 rings (SSSR count). The number of rotatable bonds is 8. The number of benzene rings is 1. The SMILES string of the molecule is COCC[C@@H](CO)NC(=O)Nc1cc(-c2ccccc2)nn1C(C)C. The molecule has 0 unspecified atom stereocenters. The van der Waals surface area contributed by atoms with Gasteiger partial charge in [-0.3, -0.25) is 5.32 Å². The number of anilines is 1. The average molecular weight is 346 g/mol. The zero-order valence-corrected chi connectivity index (χ0v) is 14.9. The summed E-state index contributed by atoms with van der Waals surface area (Å²) in [4.78, 5) is 12.3. The maximum absolute atomic E-state index is 12.3. The number of aliphatic hydroxyl groups is 1. The molecule has 2 aromatic rings. The molecule has 25 heavy (non-hydrogen) atoms. The zero-order chi connectivity index (χ0) is 18.2. The summed E-state index contributed by atoms with van der Waals surface area (Å²) in [6.45, 7) is 4.32. The molecule has 2 amide bonds. The predicted molar refractivity (Wildman–Crippen MR) is 97.6 cm³/mol. The molecule has 0 saturated carbocycles. The van der Waals surface area contributed by atoms with E-state index in [1.165, 1.54) is 0 Å². The Morgan fingerprint density at radius 2 is 2.04 bits per heavy atom. The lowest BCUT2D eigenvalue weighted by Gasteiger charge is -2.17. The van der Waals surface area contributed by atoms with Crippen molar-refractivity contribution < 1.29 is 14.6 Å². The minimum atomic E-state index is -0.378. The first-order valence-electron chi connectivity index (χ1n) is 8.37. The summed E-state index contributed by atoms with van der Waals surface area (Å²) in [5, 5.41) is 19.5. The molecule has 3 N–H and O–H groups in total. The van der Waals surface area contributed by atoms with Gasteiger partial charge in [-0.2, -0.15) is 5.10 Å². The summed E-state index contributed by atoms with van der Waals surface area (Å²) in [6.07, 6.45) is 0.541. The van der Waals surface area contributed by atoms with E-state index in [2.05, 4.69) is 15.7 Å². The van der Waals surface area contributed by atoms with E-state index in [0.717, 1.165) is 11.3 Å². The number of nitrogens with one attached hydrogen (secondary N) is 2. The number of ether oxygens (including phenoxy) is 1. The third-order valence-electron chi connectivity index (χ3n) is 3.76. The highest BCUT2D eigenvalue weighted by Gasteiger charge is 2.16. The zero-order valence-electron chi connectivity index (χ0n) is 14.9. The quantitative estimate of drug-likeness (QED) is 0.686. The second kappa shape index (κ2) is 9.19. The van der Waals surface area contributed by atoms with Crippen molar-refractivity contribution in [3.8, 4) is 11.3 Å². The number of carbonyl (C=O) groups is 1. The molecule has 1 atom stereocenters. The van der Waals surface area contributed by atoms with Crippen LogP contribution in [0.3, 0.4) is 0 Å². The Labute approximate surface area is 148 Å². The maximum Gasteiger partial charge on any atom is 0.320 e. The molecule has 1 aromatic heterocycles. The number of methoxy groups -OCH3 is 1. The third kappa shape index (κ3) is 5.30. The van der Waals surface area contributed by atoms with E-state index in [9.17, 15) is 9.90 Å². The molecule has 0 saturated heterocycles. The fourth-order valence-electron chi connectivity index (χ4n) is 2.44. The molecule has 0 bridgehead atoms. The van der Waals surface area contributed by atoms with E-state index in [4.69, 9.17) is 4.74 Å². The molecule has 7 nitrogen and oxygen atoms in total. The normalized spacial score (nSPS) is 12.2. The van der Waals surface area contributed by atoms with Crippen LogP contribution in [0.25, 0.3) is 11.3 Å². The Morgan fingerprint density at radius 3 is 2.64 bits per heavy atom. The smallest absolute Gasteiger partial charge is 0.320 e. The lowest BCUT2D eigenvalue weighted by Crippen LogP contribution is -2.41. The number of hydrogen-bond acceptors (Lipinski definition) is 4. The van der Waals surface area contributed by atoms with Gasteiger partial charge >= 0.3 is 6.03 Å². The number of hydrogen-bond donors (Lipinski definition) is 3.